The van der Waals surface area contributed by atoms with Crippen molar-refractivity contribution in [2.45, 2.75) is 45.8 Å². The number of nitrogens with zero attached hydrogens (tertiary/aromatic N) is 1. The van der Waals surface area contributed by atoms with Crippen LogP contribution in [0.5, 0.6) is 0 Å². The summed E-state index contributed by atoms with van der Waals surface area (Å²) in [7, 11) is 0.691. The maximum atomic E-state index is 10.0. The Bertz CT molecular complexity index is 411. The molecule has 0 unspecified atom stereocenters. The summed E-state index contributed by atoms with van der Waals surface area (Å²) in [5, 5.41) is 20.0. The van der Waals surface area contributed by atoms with Crippen molar-refractivity contribution >= 4 is 18.7 Å². The van der Waals surface area contributed by atoms with E-state index in [0.717, 1.165) is 6.54 Å². The van der Waals surface area contributed by atoms with Crippen molar-refractivity contribution < 1.29 is 19.2 Å². The minimum atomic E-state index is -1.21. The van der Waals surface area contributed by atoms with Gasteiger partial charge in [0.2, 0.25) is 0 Å². The fourth-order valence-electron chi connectivity index (χ4n) is 1.32. The average molecular weight is 269 g/mol. The van der Waals surface area contributed by atoms with Crippen molar-refractivity contribution in [3.8, 4) is 0 Å². The maximum Gasteiger partial charge on any atom is 0.529 e. The first kappa shape index (κ1) is 16.1. The zero-order valence-corrected chi connectivity index (χ0v) is 12.6. The monoisotopic (exact) mass is 269 g/mol. The van der Waals surface area contributed by atoms with Gasteiger partial charge in [-0.3, -0.25) is 0 Å². The molecule has 1 heterocycles. The van der Waals surface area contributed by atoms with Crippen LogP contribution in [-0.2, 0) is 4.65 Å². The minimum absolute atomic E-state index is 0.327. The van der Waals surface area contributed by atoms with Crippen LogP contribution in [0.3, 0.4) is 0 Å². The molecule has 1 rings (SSSR count). The van der Waals surface area contributed by atoms with Gasteiger partial charge in [0.05, 0.1) is 11.2 Å². The summed E-state index contributed by atoms with van der Waals surface area (Å²) in [6.07, 6.45) is 0. The van der Waals surface area contributed by atoms with Crippen LogP contribution >= 0.6 is 0 Å². The SMILES string of the molecule is CCN(C)c1ccc(B(O)OC(C)(C)C(C)(C)O)o1. The van der Waals surface area contributed by atoms with Crippen LogP contribution in [0.15, 0.2) is 16.5 Å². The van der Waals surface area contributed by atoms with E-state index in [9.17, 15) is 10.1 Å². The lowest BCUT2D eigenvalue weighted by molar-refractivity contribution is -0.0986. The first-order valence-electron chi connectivity index (χ1n) is 6.47. The third-order valence-corrected chi connectivity index (χ3v) is 3.59. The molecule has 1 aromatic rings. The van der Waals surface area contributed by atoms with Crippen LogP contribution in [0.4, 0.5) is 5.88 Å². The van der Waals surface area contributed by atoms with Gasteiger partial charge in [0.25, 0.3) is 0 Å². The molecule has 0 spiro atoms. The molecule has 2 N–H and O–H groups in total. The molecule has 0 bridgehead atoms. The van der Waals surface area contributed by atoms with Crippen molar-refractivity contribution in [2.75, 3.05) is 18.5 Å². The summed E-state index contributed by atoms with van der Waals surface area (Å²) >= 11 is 0. The summed E-state index contributed by atoms with van der Waals surface area (Å²) in [5.74, 6) is 0.668. The van der Waals surface area contributed by atoms with Crippen LogP contribution in [0, 0.1) is 0 Å². The molecule has 0 aliphatic rings. The lowest BCUT2D eigenvalue weighted by Gasteiger charge is -2.38. The quantitative estimate of drug-likeness (QED) is 0.754. The second kappa shape index (κ2) is 5.57. The zero-order valence-electron chi connectivity index (χ0n) is 12.6. The second-order valence-corrected chi connectivity index (χ2v) is 5.73. The van der Waals surface area contributed by atoms with Gasteiger partial charge >= 0.3 is 7.12 Å². The fourth-order valence-corrected chi connectivity index (χ4v) is 1.32. The number of rotatable bonds is 6. The van der Waals surface area contributed by atoms with Crippen LogP contribution in [0.2, 0.25) is 0 Å². The predicted molar refractivity (Wildman–Crippen MR) is 76.7 cm³/mol. The van der Waals surface area contributed by atoms with Crippen molar-refractivity contribution in [1.29, 1.82) is 0 Å². The lowest BCUT2D eigenvalue weighted by atomic mass is 9.81. The highest BCUT2D eigenvalue weighted by Gasteiger charge is 2.40. The number of hydrogen-bond acceptors (Lipinski definition) is 5. The van der Waals surface area contributed by atoms with Crippen LogP contribution < -0.4 is 10.6 Å². The van der Waals surface area contributed by atoms with Crippen molar-refractivity contribution in [2.24, 2.45) is 0 Å². The van der Waals surface area contributed by atoms with Gasteiger partial charge in [-0.2, -0.15) is 0 Å². The molecular weight excluding hydrogens is 245 g/mol. The Morgan fingerprint density at radius 3 is 2.37 bits per heavy atom. The number of hydrogen-bond donors (Lipinski definition) is 2. The lowest BCUT2D eigenvalue weighted by Crippen LogP contribution is -2.52. The van der Waals surface area contributed by atoms with Crippen LogP contribution in [0.1, 0.15) is 34.6 Å². The minimum Gasteiger partial charge on any atom is -0.449 e. The van der Waals surface area contributed by atoms with E-state index in [-0.39, 0.29) is 0 Å². The number of anilines is 1. The van der Waals surface area contributed by atoms with E-state index in [1.54, 1.807) is 39.8 Å². The van der Waals surface area contributed by atoms with E-state index in [2.05, 4.69) is 0 Å². The van der Waals surface area contributed by atoms with Crippen LogP contribution in [0.25, 0.3) is 0 Å². The van der Waals surface area contributed by atoms with Gasteiger partial charge in [-0.05, 0) is 40.7 Å². The molecule has 19 heavy (non-hydrogen) atoms. The molecule has 0 amide bonds. The molecule has 108 valence electrons. The largest absolute Gasteiger partial charge is 0.529 e. The van der Waals surface area contributed by atoms with E-state index < -0.39 is 18.3 Å². The van der Waals surface area contributed by atoms with Crippen molar-refractivity contribution in [1.82, 2.24) is 0 Å². The van der Waals surface area contributed by atoms with Gasteiger partial charge in [0.15, 0.2) is 5.88 Å². The summed E-state index contributed by atoms with van der Waals surface area (Å²) in [5.41, 5.74) is -1.66. The van der Waals surface area contributed by atoms with E-state index >= 15 is 0 Å². The third kappa shape index (κ3) is 3.75. The Morgan fingerprint density at radius 2 is 1.89 bits per heavy atom. The average Bonchev–Trinajstić information content (AvgIpc) is 2.75. The number of furan rings is 1. The maximum absolute atomic E-state index is 10.0. The Balaban J connectivity index is 2.79. The van der Waals surface area contributed by atoms with Crippen molar-refractivity contribution in [3.05, 3.63) is 12.1 Å². The molecule has 0 fully saturated rings. The van der Waals surface area contributed by atoms with E-state index in [4.69, 9.17) is 9.07 Å². The summed E-state index contributed by atoms with van der Waals surface area (Å²) in [6.45, 7) is 9.53. The van der Waals surface area contributed by atoms with Gasteiger partial charge in [-0.15, -0.1) is 0 Å². The van der Waals surface area contributed by atoms with E-state index in [1.165, 1.54) is 0 Å². The van der Waals surface area contributed by atoms with E-state index in [1.807, 2.05) is 18.9 Å². The summed E-state index contributed by atoms with van der Waals surface area (Å²) in [6, 6.07) is 3.45. The van der Waals surface area contributed by atoms with Gasteiger partial charge in [0, 0.05) is 19.7 Å². The highest BCUT2D eigenvalue weighted by Crippen LogP contribution is 2.25. The smallest absolute Gasteiger partial charge is 0.449 e. The molecule has 0 aromatic carbocycles. The normalized spacial score (nSPS) is 12.6. The molecule has 0 saturated carbocycles. The summed E-state index contributed by atoms with van der Waals surface area (Å²) < 4.78 is 11.0. The molecule has 0 radical (unpaired) electrons. The standard InChI is InChI=1S/C13H24BNO4/c1-7-15(6)11-9-8-10(18-11)14(17)19-13(4,5)12(2,3)16/h8-9,16-17H,7H2,1-6H3. The fraction of sp³-hybridized carbons (Fsp3) is 0.692. The summed E-state index contributed by atoms with van der Waals surface area (Å²) in [4.78, 5) is 1.91. The molecule has 0 aliphatic carbocycles. The first-order valence-corrected chi connectivity index (χ1v) is 6.47. The molecule has 6 heteroatoms. The third-order valence-electron chi connectivity index (χ3n) is 3.59. The number of aliphatic hydroxyl groups is 1. The first-order chi connectivity index (χ1) is 8.58. The predicted octanol–water partition coefficient (Wildman–Crippen LogP) is 0.989. The zero-order chi connectivity index (χ0) is 14.8. The van der Waals surface area contributed by atoms with Crippen LogP contribution in [-0.4, -0.2) is 42.0 Å². The van der Waals surface area contributed by atoms with Gasteiger partial charge in [-0.25, -0.2) is 0 Å². The molecule has 0 aliphatic heterocycles. The Morgan fingerprint density at radius 1 is 1.32 bits per heavy atom. The Labute approximate surface area is 115 Å². The highest BCUT2D eigenvalue weighted by molar-refractivity contribution is 6.58. The Hall–Kier alpha value is -0.975. The van der Waals surface area contributed by atoms with Crippen molar-refractivity contribution in [3.63, 3.8) is 0 Å². The molecule has 1 aromatic heterocycles. The van der Waals surface area contributed by atoms with Gasteiger partial charge < -0.3 is 24.1 Å². The van der Waals surface area contributed by atoms with Gasteiger partial charge in [-0.1, -0.05) is 0 Å². The second-order valence-electron chi connectivity index (χ2n) is 5.73. The molecule has 0 atom stereocenters. The van der Waals surface area contributed by atoms with E-state index in [0.29, 0.717) is 11.5 Å². The highest BCUT2D eigenvalue weighted by atomic mass is 16.6. The molecular formula is C13H24BNO4. The topological polar surface area (TPSA) is 66.1 Å². The Kier molecular flexibility index (Phi) is 4.71. The molecule has 0 saturated heterocycles. The van der Waals surface area contributed by atoms with Gasteiger partial charge in [0.1, 0.15) is 5.66 Å². The molecule has 5 nitrogen and oxygen atoms in total.